The first kappa shape index (κ1) is 14.5. The van der Waals surface area contributed by atoms with Crippen LogP contribution in [0.2, 0.25) is 0 Å². The van der Waals surface area contributed by atoms with Crippen LogP contribution in [0.15, 0.2) is 41.0 Å². The van der Waals surface area contributed by atoms with Crippen LogP contribution in [0.5, 0.6) is 0 Å². The highest BCUT2D eigenvalue weighted by Gasteiger charge is 2.10. The summed E-state index contributed by atoms with van der Waals surface area (Å²) in [5, 5.41) is 5.87. The number of carbonyl (C=O) groups is 1. The van der Waals surface area contributed by atoms with Crippen LogP contribution in [0.3, 0.4) is 0 Å². The quantitative estimate of drug-likeness (QED) is 0.900. The van der Waals surface area contributed by atoms with Gasteiger partial charge in [-0.05, 0) is 48.0 Å². The maximum absolute atomic E-state index is 12.2. The zero-order valence-electron chi connectivity index (χ0n) is 11.2. The molecular weight excluding hydrogens is 320 g/mol. The van der Waals surface area contributed by atoms with Gasteiger partial charge in [0, 0.05) is 16.7 Å². The molecule has 1 aromatic heterocycles. The Morgan fingerprint density at radius 2 is 2.00 bits per heavy atom. The van der Waals surface area contributed by atoms with Crippen molar-refractivity contribution in [3.63, 3.8) is 0 Å². The van der Waals surface area contributed by atoms with Crippen molar-refractivity contribution in [3.8, 4) is 0 Å². The standard InChI is InChI=1S/C14H15BrN4O/c1-9(2)17-14-16-8-7-12(19-14)13(20)18-11-6-4-3-5-10(11)15/h3-9H,1-2H3,(H,18,20)(H,16,17,19). The number of aromatic nitrogens is 2. The first-order valence-electron chi connectivity index (χ1n) is 6.21. The molecule has 0 radical (unpaired) electrons. The second-order valence-corrected chi connectivity index (χ2v) is 5.35. The molecule has 5 nitrogen and oxygen atoms in total. The number of halogens is 1. The lowest BCUT2D eigenvalue weighted by atomic mass is 10.3. The van der Waals surface area contributed by atoms with Crippen molar-refractivity contribution in [1.29, 1.82) is 0 Å². The van der Waals surface area contributed by atoms with Gasteiger partial charge in [0.25, 0.3) is 5.91 Å². The molecular formula is C14H15BrN4O. The van der Waals surface area contributed by atoms with E-state index in [9.17, 15) is 4.79 Å². The predicted molar refractivity (Wildman–Crippen MR) is 82.9 cm³/mol. The van der Waals surface area contributed by atoms with Gasteiger partial charge in [0.15, 0.2) is 0 Å². The molecule has 0 saturated carbocycles. The van der Waals surface area contributed by atoms with Crippen LogP contribution in [-0.4, -0.2) is 21.9 Å². The number of benzene rings is 1. The van der Waals surface area contributed by atoms with Crippen LogP contribution < -0.4 is 10.6 Å². The fourth-order valence-corrected chi connectivity index (χ4v) is 1.95. The zero-order chi connectivity index (χ0) is 14.5. The number of amides is 1. The van der Waals surface area contributed by atoms with Crippen LogP contribution >= 0.6 is 15.9 Å². The minimum absolute atomic E-state index is 0.205. The van der Waals surface area contributed by atoms with Gasteiger partial charge in [-0.2, -0.15) is 0 Å². The molecule has 1 heterocycles. The molecule has 20 heavy (non-hydrogen) atoms. The second kappa shape index (κ2) is 6.47. The smallest absolute Gasteiger partial charge is 0.274 e. The number of hydrogen-bond acceptors (Lipinski definition) is 4. The molecule has 0 spiro atoms. The molecule has 0 saturated heterocycles. The maximum Gasteiger partial charge on any atom is 0.274 e. The van der Waals surface area contributed by atoms with Crippen molar-refractivity contribution in [3.05, 3.63) is 46.7 Å². The molecule has 0 atom stereocenters. The van der Waals surface area contributed by atoms with Crippen LogP contribution in [0.25, 0.3) is 0 Å². The van der Waals surface area contributed by atoms with E-state index in [0.717, 1.165) is 4.47 Å². The van der Waals surface area contributed by atoms with Crippen LogP contribution in [-0.2, 0) is 0 Å². The highest BCUT2D eigenvalue weighted by Crippen LogP contribution is 2.21. The van der Waals surface area contributed by atoms with Crippen molar-refractivity contribution < 1.29 is 4.79 Å². The molecule has 6 heteroatoms. The monoisotopic (exact) mass is 334 g/mol. The minimum Gasteiger partial charge on any atom is -0.352 e. The lowest BCUT2D eigenvalue weighted by Gasteiger charge is -2.10. The van der Waals surface area contributed by atoms with E-state index >= 15 is 0 Å². The molecule has 0 unspecified atom stereocenters. The SMILES string of the molecule is CC(C)Nc1nccc(C(=O)Nc2ccccc2Br)n1. The van der Waals surface area contributed by atoms with Gasteiger partial charge in [-0.1, -0.05) is 12.1 Å². The Labute approximate surface area is 126 Å². The Bertz CT molecular complexity index is 616. The molecule has 0 bridgehead atoms. The van der Waals surface area contributed by atoms with Gasteiger partial charge in [-0.3, -0.25) is 4.79 Å². The summed E-state index contributed by atoms with van der Waals surface area (Å²) >= 11 is 3.38. The summed E-state index contributed by atoms with van der Waals surface area (Å²) < 4.78 is 0.822. The Kier molecular flexibility index (Phi) is 4.68. The Morgan fingerprint density at radius 3 is 2.70 bits per heavy atom. The van der Waals surface area contributed by atoms with E-state index in [1.165, 1.54) is 0 Å². The van der Waals surface area contributed by atoms with Gasteiger partial charge in [0.05, 0.1) is 5.69 Å². The molecule has 0 aliphatic heterocycles. The Hall–Kier alpha value is -1.95. The third-order valence-corrected chi connectivity index (χ3v) is 3.12. The van der Waals surface area contributed by atoms with E-state index in [-0.39, 0.29) is 11.9 Å². The van der Waals surface area contributed by atoms with Gasteiger partial charge in [-0.25, -0.2) is 9.97 Å². The third kappa shape index (κ3) is 3.77. The lowest BCUT2D eigenvalue weighted by Crippen LogP contribution is -2.17. The van der Waals surface area contributed by atoms with Gasteiger partial charge in [-0.15, -0.1) is 0 Å². The summed E-state index contributed by atoms with van der Waals surface area (Å²) in [5.41, 5.74) is 1.02. The van der Waals surface area contributed by atoms with Gasteiger partial charge >= 0.3 is 0 Å². The number of hydrogen-bond donors (Lipinski definition) is 2. The van der Waals surface area contributed by atoms with E-state index in [0.29, 0.717) is 17.3 Å². The number of rotatable bonds is 4. The fraction of sp³-hybridized carbons (Fsp3) is 0.214. The minimum atomic E-state index is -0.272. The molecule has 0 fully saturated rings. The molecule has 1 aromatic carbocycles. The number of nitrogens with zero attached hydrogens (tertiary/aromatic N) is 2. The Balaban J connectivity index is 2.15. The molecule has 1 amide bonds. The highest BCUT2D eigenvalue weighted by atomic mass is 79.9. The fourth-order valence-electron chi connectivity index (χ4n) is 1.56. The van der Waals surface area contributed by atoms with Crippen molar-refractivity contribution in [2.75, 3.05) is 10.6 Å². The van der Waals surface area contributed by atoms with E-state index in [1.807, 2.05) is 38.1 Å². The number of anilines is 2. The van der Waals surface area contributed by atoms with Crippen LogP contribution in [0.1, 0.15) is 24.3 Å². The molecule has 104 valence electrons. The van der Waals surface area contributed by atoms with Crippen molar-refractivity contribution >= 4 is 33.5 Å². The second-order valence-electron chi connectivity index (χ2n) is 4.50. The van der Waals surface area contributed by atoms with Gasteiger partial charge in [0.2, 0.25) is 5.95 Å². The summed E-state index contributed by atoms with van der Waals surface area (Å²) in [6.07, 6.45) is 1.56. The van der Waals surface area contributed by atoms with Crippen molar-refractivity contribution in [2.24, 2.45) is 0 Å². The van der Waals surface area contributed by atoms with E-state index in [1.54, 1.807) is 12.3 Å². The molecule has 2 aromatic rings. The maximum atomic E-state index is 12.2. The first-order valence-corrected chi connectivity index (χ1v) is 7.01. The average molecular weight is 335 g/mol. The zero-order valence-corrected chi connectivity index (χ0v) is 12.8. The normalized spacial score (nSPS) is 10.4. The molecule has 0 aliphatic carbocycles. The number of para-hydroxylation sites is 1. The average Bonchev–Trinajstić information content (AvgIpc) is 2.41. The molecule has 0 aliphatic rings. The number of nitrogens with one attached hydrogen (secondary N) is 2. The number of carbonyl (C=O) groups excluding carboxylic acids is 1. The van der Waals surface area contributed by atoms with Crippen molar-refractivity contribution in [2.45, 2.75) is 19.9 Å². The topological polar surface area (TPSA) is 66.9 Å². The summed E-state index contributed by atoms with van der Waals surface area (Å²) in [4.78, 5) is 20.4. The summed E-state index contributed by atoms with van der Waals surface area (Å²) in [6, 6.07) is 9.20. The largest absolute Gasteiger partial charge is 0.352 e. The molecule has 2 N–H and O–H groups in total. The van der Waals surface area contributed by atoms with E-state index in [4.69, 9.17) is 0 Å². The summed E-state index contributed by atoms with van der Waals surface area (Å²) in [7, 11) is 0. The summed E-state index contributed by atoms with van der Waals surface area (Å²) in [5.74, 6) is 0.172. The summed E-state index contributed by atoms with van der Waals surface area (Å²) in [6.45, 7) is 3.97. The Morgan fingerprint density at radius 1 is 1.25 bits per heavy atom. The van der Waals surface area contributed by atoms with Gasteiger partial charge in [0.1, 0.15) is 5.69 Å². The third-order valence-electron chi connectivity index (χ3n) is 2.43. The predicted octanol–water partition coefficient (Wildman–Crippen LogP) is 3.31. The highest BCUT2D eigenvalue weighted by molar-refractivity contribution is 9.10. The van der Waals surface area contributed by atoms with Gasteiger partial charge < -0.3 is 10.6 Å². The first-order chi connectivity index (χ1) is 9.56. The van der Waals surface area contributed by atoms with Crippen LogP contribution in [0, 0.1) is 0 Å². The van der Waals surface area contributed by atoms with Crippen LogP contribution in [0.4, 0.5) is 11.6 Å². The van der Waals surface area contributed by atoms with Crippen molar-refractivity contribution in [1.82, 2.24) is 9.97 Å². The molecule has 2 rings (SSSR count). The lowest BCUT2D eigenvalue weighted by molar-refractivity contribution is 0.102. The van der Waals surface area contributed by atoms with E-state index in [2.05, 4.69) is 36.5 Å². The van der Waals surface area contributed by atoms with E-state index < -0.39 is 0 Å².